The Hall–Kier alpha value is -1.18. The minimum absolute atomic E-state index is 0.305. The first-order chi connectivity index (χ1) is 8.68. The highest BCUT2D eigenvalue weighted by atomic mass is 31.2. The number of nitrogens with zero attached hydrogens (tertiary/aromatic N) is 1. The van der Waals surface area contributed by atoms with Gasteiger partial charge in [-0.15, -0.1) is 0 Å². The molecule has 0 fully saturated rings. The molecular weight excluding hydrogens is 249 g/mol. The molecule has 5 heteroatoms. The van der Waals surface area contributed by atoms with Crippen molar-refractivity contribution in [1.29, 1.82) is 0 Å². The monoisotopic (exact) mass is 267 g/mol. The maximum absolute atomic E-state index is 12.7. The molecule has 1 aromatic rings. The zero-order chi connectivity index (χ0) is 13.4. The summed E-state index contributed by atoms with van der Waals surface area (Å²) in [7, 11) is -1.78. The second kappa shape index (κ2) is 7.30. The van der Waals surface area contributed by atoms with E-state index < -0.39 is 7.60 Å². The van der Waals surface area contributed by atoms with Gasteiger partial charge >= 0.3 is 7.60 Å². The molecule has 0 aliphatic carbocycles. The van der Waals surface area contributed by atoms with E-state index in [2.05, 4.69) is 10.9 Å². The molecule has 0 N–H and O–H groups in total. The molecule has 0 atom stereocenters. The lowest BCUT2D eigenvalue weighted by Crippen LogP contribution is -1.99. The van der Waals surface area contributed by atoms with E-state index in [4.69, 9.17) is 9.05 Å². The van der Waals surface area contributed by atoms with Gasteiger partial charge in [-0.25, -0.2) is 4.99 Å². The fourth-order valence-electron chi connectivity index (χ4n) is 1.49. The van der Waals surface area contributed by atoms with Crippen LogP contribution < -0.4 is 0 Å². The topological polar surface area (TPSA) is 47.9 Å². The Kier molecular flexibility index (Phi) is 6.03. The van der Waals surface area contributed by atoms with Gasteiger partial charge in [0.2, 0.25) is 0 Å². The molecule has 0 heterocycles. The third-order valence-electron chi connectivity index (χ3n) is 2.14. The molecule has 18 heavy (non-hydrogen) atoms. The zero-order valence-electron chi connectivity index (χ0n) is 10.9. The molecule has 0 saturated heterocycles. The Morgan fingerprint density at radius 2 is 1.78 bits per heavy atom. The van der Waals surface area contributed by atoms with Crippen LogP contribution in [0.4, 0.5) is 0 Å². The lowest BCUT2D eigenvalue weighted by atomic mass is 10.2. The number of hydrogen-bond acceptors (Lipinski definition) is 4. The van der Waals surface area contributed by atoms with E-state index in [1.165, 1.54) is 0 Å². The molecular formula is C13H18NO3P. The Morgan fingerprint density at radius 1 is 1.22 bits per heavy atom. The Balaban J connectivity index is 3.28. The van der Waals surface area contributed by atoms with Gasteiger partial charge in [0.15, 0.2) is 0 Å². The molecule has 98 valence electrons. The average molecular weight is 267 g/mol. The first-order valence-corrected chi connectivity index (χ1v) is 7.39. The fourth-order valence-corrected chi connectivity index (χ4v) is 3.19. The highest BCUT2D eigenvalue weighted by Gasteiger charge is 2.31. The highest BCUT2D eigenvalue weighted by Crippen LogP contribution is 2.59. The molecule has 0 unspecified atom stereocenters. The van der Waals surface area contributed by atoms with Gasteiger partial charge in [0.1, 0.15) is 5.31 Å². The Bertz CT molecular complexity index is 468. The predicted molar refractivity (Wildman–Crippen MR) is 74.1 cm³/mol. The SMILES string of the molecule is CCOP(=O)(OCC)C(=C=NC)c1ccccc1. The summed E-state index contributed by atoms with van der Waals surface area (Å²) < 4.78 is 23.3. The summed E-state index contributed by atoms with van der Waals surface area (Å²) >= 11 is 0. The summed E-state index contributed by atoms with van der Waals surface area (Å²) in [4.78, 5) is 3.82. The van der Waals surface area contributed by atoms with Crippen LogP contribution >= 0.6 is 7.60 Å². The third kappa shape index (κ3) is 3.66. The van der Waals surface area contributed by atoms with Gasteiger partial charge in [-0.2, -0.15) is 0 Å². The molecule has 4 nitrogen and oxygen atoms in total. The van der Waals surface area contributed by atoms with Crippen molar-refractivity contribution in [2.45, 2.75) is 13.8 Å². The zero-order valence-corrected chi connectivity index (χ0v) is 11.8. The summed E-state index contributed by atoms with van der Waals surface area (Å²) in [5, 5.41) is 0.370. The van der Waals surface area contributed by atoms with Crippen LogP contribution in [-0.4, -0.2) is 26.1 Å². The standard InChI is InChI=1S/C13H18NO3P/c1-4-16-18(15,17-5-2)13(11-14-3)12-9-7-6-8-10-12/h6-10H,4-5H2,1-3H3. The second-order valence-corrected chi connectivity index (χ2v) is 5.34. The van der Waals surface area contributed by atoms with Gasteiger partial charge in [0, 0.05) is 7.05 Å². The van der Waals surface area contributed by atoms with E-state index in [9.17, 15) is 4.57 Å². The van der Waals surface area contributed by atoms with E-state index in [1.54, 1.807) is 20.9 Å². The average Bonchev–Trinajstić information content (AvgIpc) is 2.37. The van der Waals surface area contributed by atoms with E-state index in [1.807, 2.05) is 30.3 Å². The van der Waals surface area contributed by atoms with Crippen LogP contribution in [0.2, 0.25) is 0 Å². The summed E-state index contributed by atoms with van der Waals surface area (Å²) in [5.41, 5.74) is 0.744. The number of hydrogen-bond donors (Lipinski definition) is 0. The summed E-state index contributed by atoms with van der Waals surface area (Å²) in [6.07, 6.45) is 0. The van der Waals surface area contributed by atoms with Crippen LogP contribution in [0.1, 0.15) is 19.4 Å². The fraction of sp³-hybridized carbons (Fsp3) is 0.385. The summed E-state index contributed by atoms with van der Waals surface area (Å²) in [6, 6.07) is 9.26. The molecule has 0 aliphatic rings. The smallest absolute Gasteiger partial charge is 0.305 e. The normalized spacial score (nSPS) is 10.8. The Morgan fingerprint density at radius 3 is 2.22 bits per heavy atom. The van der Waals surface area contributed by atoms with Gasteiger partial charge in [-0.1, -0.05) is 30.3 Å². The van der Waals surface area contributed by atoms with Crippen LogP contribution in [0.5, 0.6) is 0 Å². The first kappa shape index (κ1) is 14.9. The molecule has 1 aromatic carbocycles. The molecule has 1 rings (SSSR count). The van der Waals surface area contributed by atoms with Crippen molar-refractivity contribution >= 4 is 18.8 Å². The second-order valence-electron chi connectivity index (χ2n) is 3.38. The summed E-state index contributed by atoms with van der Waals surface area (Å²) in [6.45, 7) is 4.16. The van der Waals surface area contributed by atoms with Crippen molar-refractivity contribution in [1.82, 2.24) is 0 Å². The van der Waals surface area contributed by atoms with Crippen molar-refractivity contribution < 1.29 is 13.6 Å². The molecule has 0 aliphatic heterocycles. The molecule has 0 amide bonds. The molecule has 0 spiro atoms. The van der Waals surface area contributed by atoms with E-state index in [0.29, 0.717) is 18.5 Å². The molecule has 0 bridgehead atoms. The lowest BCUT2D eigenvalue weighted by Gasteiger charge is -2.18. The van der Waals surface area contributed by atoms with Crippen LogP contribution in [-0.2, 0) is 13.6 Å². The van der Waals surface area contributed by atoms with Crippen LogP contribution in [0.25, 0.3) is 5.31 Å². The molecule has 0 saturated carbocycles. The minimum Gasteiger partial charge on any atom is -0.305 e. The van der Waals surface area contributed by atoms with Crippen LogP contribution in [0, 0.1) is 0 Å². The largest absolute Gasteiger partial charge is 0.371 e. The van der Waals surface area contributed by atoms with Crippen molar-refractivity contribution in [2.24, 2.45) is 4.99 Å². The molecule has 0 aromatic heterocycles. The van der Waals surface area contributed by atoms with Gasteiger partial charge in [0.05, 0.1) is 13.2 Å². The minimum atomic E-state index is -3.36. The number of benzene rings is 1. The van der Waals surface area contributed by atoms with Crippen molar-refractivity contribution in [3.8, 4) is 0 Å². The Labute approximate surface area is 108 Å². The first-order valence-electron chi connectivity index (χ1n) is 5.84. The van der Waals surface area contributed by atoms with E-state index in [-0.39, 0.29) is 0 Å². The third-order valence-corrected chi connectivity index (χ3v) is 4.24. The van der Waals surface area contributed by atoms with E-state index >= 15 is 0 Å². The lowest BCUT2D eigenvalue weighted by molar-refractivity contribution is 0.231. The van der Waals surface area contributed by atoms with Gasteiger partial charge in [-0.05, 0) is 25.3 Å². The maximum Gasteiger partial charge on any atom is 0.371 e. The molecule has 0 radical (unpaired) electrons. The number of rotatable bonds is 6. The highest BCUT2D eigenvalue weighted by molar-refractivity contribution is 7.65. The number of aliphatic imine (C=N–C) groups is 1. The van der Waals surface area contributed by atoms with Crippen LogP contribution in [0.15, 0.2) is 35.3 Å². The van der Waals surface area contributed by atoms with Gasteiger partial charge in [0.25, 0.3) is 0 Å². The van der Waals surface area contributed by atoms with Crippen molar-refractivity contribution in [2.75, 3.05) is 20.3 Å². The van der Waals surface area contributed by atoms with Crippen LogP contribution in [0.3, 0.4) is 0 Å². The summed E-state index contributed by atoms with van der Waals surface area (Å²) in [5.74, 6) is 2.74. The van der Waals surface area contributed by atoms with Gasteiger partial charge < -0.3 is 9.05 Å². The van der Waals surface area contributed by atoms with Gasteiger partial charge in [-0.3, -0.25) is 4.57 Å². The predicted octanol–water partition coefficient (Wildman–Crippen LogP) is 3.59. The van der Waals surface area contributed by atoms with E-state index in [0.717, 1.165) is 5.56 Å². The quantitative estimate of drug-likeness (QED) is 0.584. The van der Waals surface area contributed by atoms with Crippen molar-refractivity contribution in [3.05, 3.63) is 35.9 Å². The maximum atomic E-state index is 12.7. The van der Waals surface area contributed by atoms with Crippen molar-refractivity contribution in [3.63, 3.8) is 0 Å².